The molecule has 0 unspecified atom stereocenters. The van der Waals surface area contributed by atoms with E-state index in [0.29, 0.717) is 40.3 Å². The molecule has 120 valence electrons. The van der Waals surface area contributed by atoms with Gasteiger partial charge in [-0.1, -0.05) is 23.2 Å². The topological polar surface area (TPSA) is 53.6 Å². The summed E-state index contributed by atoms with van der Waals surface area (Å²) in [6.45, 7) is 3.13. The van der Waals surface area contributed by atoms with Gasteiger partial charge in [-0.2, -0.15) is 0 Å². The molecule has 7 heteroatoms. The summed E-state index contributed by atoms with van der Waals surface area (Å²) in [7, 11) is 0. The first kappa shape index (κ1) is 15.9. The van der Waals surface area contributed by atoms with Crippen LogP contribution in [0.4, 0.5) is 10.5 Å². The lowest BCUT2D eigenvalue weighted by Crippen LogP contribution is -2.56. The molecular formula is C16H15Cl2N3O2. The molecular weight excluding hydrogens is 337 g/mol. The number of carbonyl (C=O) groups is 1. The first-order valence-corrected chi connectivity index (χ1v) is 7.85. The number of urea groups is 1. The number of hydrazine groups is 1. The minimum Gasteiger partial charge on any atom is -0.456 e. The third kappa shape index (κ3) is 3.52. The Kier molecular flexibility index (Phi) is 4.61. The van der Waals surface area contributed by atoms with Crippen LogP contribution < -0.4 is 20.5 Å². The van der Waals surface area contributed by atoms with E-state index in [-0.39, 0.29) is 6.03 Å². The van der Waals surface area contributed by atoms with Crippen LogP contribution in [0.1, 0.15) is 5.56 Å². The molecule has 1 aliphatic rings. The van der Waals surface area contributed by atoms with Crippen molar-refractivity contribution < 1.29 is 9.53 Å². The number of ether oxygens (including phenoxy) is 1. The van der Waals surface area contributed by atoms with E-state index in [1.165, 1.54) is 5.01 Å². The molecule has 1 aliphatic heterocycles. The number of halogens is 2. The Morgan fingerprint density at radius 1 is 1.13 bits per heavy atom. The maximum atomic E-state index is 11.9. The summed E-state index contributed by atoms with van der Waals surface area (Å²) in [5.41, 5.74) is 4.50. The zero-order valence-corrected chi connectivity index (χ0v) is 13.9. The van der Waals surface area contributed by atoms with Crippen molar-refractivity contribution in [2.45, 2.75) is 6.92 Å². The Morgan fingerprint density at radius 2 is 1.87 bits per heavy atom. The van der Waals surface area contributed by atoms with Crippen LogP contribution in [0.5, 0.6) is 11.5 Å². The van der Waals surface area contributed by atoms with E-state index >= 15 is 0 Å². The van der Waals surface area contributed by atoms with Crippen molar-refractivity contribution in [2.75, 3.05) is 18.1 Å². The van der Waals surface area contributed by atoms with E-state index in [1.54, 1.807) is 30.3 Å². The van der Waals surface area contributed by atoms with Gasteiger partial charge in [-0.25, -0.2) is 15.2 Å². The fraction of sp³-hybridized carbons (Fsp3) is 0.188. The van der Waals surface area contributed by atoms with Crippen LogP contribution in [0.3, 0.4) is 0 Å². The van der Waals surface area contributed by atoms with Gasteiger partial charge in [-0.15, -0.1) is 0 Å². The van der Waals surface area contributed by atoms with Gasteiger partial charge in [0.15, 0.2) is 0 Å². The third-order valence-corrected chi connectivity index (χ3v) is 3.91. The van der Waals surface area contributed by atoms with Crippen LogP contribution >= 0.6 is 23.2 Å². The maximum Gasteiger partial charge on any atom is 0.336 e. The SMILES string of the molecule is Cc1cc(N2NCCNC2=O)cc(Cl)c1Oc1ccc(Cl)cc1. The molecule has 3 rings (SSSR count). The van der Waals surface area contributed by atoms with E-state index in [9.17, 15) is 4.79 Å². The van der Waals surface area contributed by atoms with Crippen LogP contribution in [0, 0.1) is 6.92 Å². The van der Waals surface area contributed by atoms with E-state index < -0.39 is 0 Å². The summed E-state index contributed by atoms with van der Waals surface area (Å²) in [5, 5.41) is 5.27. The average Bonchev–Trinajstić information content (AvgIpc) is 2.53. The summed E-state index contributed by atoms with van der Waals surface area (Å²) in [4.78, 5) is 11.9. The summed E-state index contributed by atoms with van der Waals surface area (Å²) in [6.07, 6.45) is 0. The van der Waals surface area contributed by atoms with Crippen molar-refractivity contribution in [3.63, 3.8) is 0 Å². The van der Waals surface area contributed by atoms with Gasteiger partial charge in [0.1, 0.15) is 11.5 Å². The Balaban J connectivity index is 1.88. The van der Waals surface area contributed by atoms with Crippen LogP contribution in [0.2, 0.25) is 10.0 Å². The molecule has 1 fully saturated rings. The second-order valence-corrected chi connectivity index (χ2v) is 5.95. The molecule has 1 saturated heterocycles. The van der Waals surface area contributed by atoms with E-state index in [2.05, 4.69) is 10.7 Å². The quantitative estimate of drug-likeness (QED) is 0.873. The Morgan fingerprint density at radius 3 is 2.52 bits per heavy atom. The number of rotatable bonds is 3. The van der Waals surface area contributed by atoms with Crippen molar-refractivity contribution in [1.29, 1.82) is 0 Å². The predicted molar refractivity (Wildman–Crippen MR) is 91.6 cm³/mol. The van der Waals surface area contributed by atoms with Crippen LogP contribution in [-0.2, 0) is 0 Å². The molecule has 0 spiro atoms. The average molecular weight is 352 g/mol. The first-order valence-electron chi connectivity index (χ1n) is 7.09. The Hall–Kier alpha value is -1.95. The van der Waals surface area contributed by atoms with Gasteiger partial charge in [0.2, 0.25) is 0 Å². The molecule has 0 aromatic heterocycles. The van der Waals surface area contributed by atoms with E-state index in [1.807, 2.05) is 13.0 Å². The van der Waals surface area contributed by atoms with Crippen molar-refractivity contribution in [3.8, 4) is 11.5 Å². The highest BCUT2D eigenvalue weighted by Gasteiger charge is 2.21. The fourth-order valence-electron chi connectivity index (χ4n) is 2.29. The van der Waals surface area contributed by atoms with Gasteiger partial charge in [0, 0.05) is 18.1 Å². The molecule has 0 saturated carbocycles. The highest BCUT2D eigenvalue weighted by molar-refractivity contribution is 6.32. The molecule has 0 atom stereocenters. The van der Waals surface area contributed by atoms with Gasteiger partial charge < -0.3 is 10.1 Å². The molecule has 2 aromatic rings. The third-order valence-electron chi connectivity index (χ3n) is 3.38. The molecule has 5 nitrogen and oxygen atoms in total. The van der Waals surface area contributed by atoms with Crippen LogP contribution in [0.25, 0.3) is 0 Å². The number of hydrogen-bond donors (Lipinski definition) is 2. The molecule has 2 aromatic carbocycles. The van der Waals surface area contributed by atoms with Crippen LogP contribution in [-0.4, -0.2) is 19.1 Å². The number of anilines is 1. The Labute approximate surface area is 144 Å². The Bertz CT molecular complexity index is 712. The van der Waals surface area contributed by atoms with Gasteiger partial charge >= 0.3 is 6.03 Å². The summed E-state index contributed by atoms with van der Waals surface area (Å²) >= 11 is 12.2. The largest absolute Gasteiger partial charge is 0.456 e. The van der Waals surface area contributed by atoms with Gasteiger partial charge in [-0.3, -0.25) is 0 Å². The van der Waals surface area contributed by atoms with E-state index in [0.717, 1.165) is 5.56 Å². The second-order valence-electron chi connectivity index (χ2n) is 5.11. The second kappa shape index (κ2) is 6.66. The smallest absolute Gasteiger partial charge is 0.336 e. The molecule has 2 amide bonds. The first-order chi connectivity index (χ1) is 11.0. The summed E-state index contributed by atoms with van der Waals surface area (Å²) in [5.74, 6) is 1.19. The van der Waals surface area contributed by atoms with Crippen molar-refractivity contribution in [1.82, 2.24) is 10.7 Å². The molecule has 0 radical (unpaired) electrons. The zero-order valence-electron chi connectivity index (χ0n) is 12.4. The van der Waals surface area contributed by atoms with Crippen molar-refractivity contribution in [2.24, 2.45) is 0 Å². The maximum absolute atomic E-state index is 11.9. The molecule has 2 N–H and O–H groups in total. The lowest BCUT2D eigenvalue weighted by atomic mass is 10.2. The zero-order chi connectivity index (χ0) is 16.4. The number of nitrogens with one attached hydrogen (secondary N) is 2. The van der Waals surface area contributed by atoms with Gasteiger partial charge in [0.25, 0.3) is 0 Å². The van der Waals surface area contributed by atoms with Gasteiger partial charge in [0.05, 0.1) is 10.7 Å². The summed E-state index contributed by atoms with van der Waals surface area (Å²) < 4.78 is 5.83. The predicted octanol–water partition coefficient (Wildman–Crippen LogP) is 4.13. The molecule has 1 heterocycles. The number of carbonyl (C=O) groups excluding carboxylic acids is 1. The highest BCUT2D eigenvalue weighted by atomic mass is 35.5. The van der Waals surface area contributed by atoms with Crippen LogP contribution in [0.15, 0.2) is 36.4 Å². The minimum atomic E-state index is -0.210. The molecule has 0 bridgehead atoms. The number of hydrogen-bond acceptors (Lipinski definition) is 3. The lowest BCUT2D eigenvalue weighted by Gasteiger charge is -2.29. The highest BCUT2D eigenvalue weighted by Crippen LogP contribution is 2.36. The molecule has 23 heavy (non-hydrogen) atoms. The monoisotopic (exact) mass is 351 g/mol. The number of aryl methyl sites for hydroxylation is 1. The number of nitrogens with zero attached hydrogens (tertiary/aromatic N) is 1. The van der Waals surface area contributed by atoms with Crippen molar-refractivity contribution >= 4 is 34.9 Å². The lowest BCUT2D eigenvalue weighted by molar-refractivity contribution is 0.239. The molecule has 0 aliphatic carbocycles. The number of benzene rings is 2. The van der Waals surface area contributed by atoms with Crippen molar-refractivity contribution in [3.05, 3.63) is 52.0 Å². The number of amides is 2. The standard InChI is InChI=1S/C16H15Cl2N3O2/c1-10-8-12(21-16(22)19-6-7-20-21)9-14(18)15(10)23-13-4-2-11(17)3-5-13/h2-5,8-9,20H,6-7H2,1H3,(H,19,22). The van der Waals surface area contributed by atoms with Gasteiger partial charge in [-0.05, 0) is 48.9 Å². The fourth-order valence-corrected chi connectivity index (χ4v) is 2.71. The summed E-state index contributed by atoms with van der Waals surface area (Å²) in [6, 6.07) is 10.4. The normalized spacial score (nSPS) is 14.6. The van der Waals surface area contributed by atoms with E-state index in [4.69, 9.17) is 27.9 Å². The minimum absolute atomic E-state index is 0.210.